The van der Waals surface area contributed by atoms with Gasteiger partial charge >= 0.3 is 0 Å². The molecule has 0 fully saturated rings. The van der Waals surface area contributed by atoms with Gasteiger partial charge in [-0.15, -0.1) is 0 Å². The topological polar surface area (TPSA) is 42.7 Å². The van der Waals surface area contributed by atoms with Gasteiger partial charge in [0.25, 0.3) is 0 Å². The molecule has 1 aromatic carbocycles. The summed E-state index contributed by atoms with van der Waals surface area (Å²) >= 11 is 6.42. The van der Waals surface area contributed by atoms with E-state index >= 15 is 0 Å². The Labute approximate surface area is 122 Å². The number of rotatable bonds is 1. The number of fused-ring (bicyclic) bond motifs is 2. The van der Waals surface area contributed by atoms with Crippen LogP contribution in [0.2, 0.25) is 5.02 Å². The zero-order valence-corrected chi connectivity index (χ0v) is 11.7. The van der Waals surface area contributed by atoms with Gasteiger partial charge in [0.05, 0.1) is 6.04 Å². The normalized spacial score (nSPS) is 24.4. The van der Waals surface area contributed by atoms with Gasteiger partial charge in [-0.05, 0) is 30.9 Å². The fourth-order valence-corrected chi connectivity index (χ4v) is 3.53. The number of nitrogens with zero attached hydrogens (tertiary/aromatic N) is 3. The Balaban J connectivity index is 1.90. The van der Waals surface area contributed by atoms with Crippen LogP contribution in [0.4, 0.5) is 5.95 Å². The van der Waals surface area contributed by atoms with Crippen LogP contribution in [0.15, 0.2) is 42.4 Å². The van der Waals surface area contributed by atoms with Gasteiger partial charge < -0.3 is 5.32 Å². The molecule has 0 spiro atoms. The van der Waals surface area contributed by atoms with Crippen molar-refractivity contribution in [3.05, 3.63) is 53.0 Å². The summed E-state index contributed by atoms with van der Waals surface area (Å²) in [4.78, 5) is 4.31. The van der Waals surface area contributed by atoms with E-state index in [2.05, 4.69) is 27.5 Å². The highest BCUT2D eigenvalue weighted by molar-refractivity contribution is 6.31. The van der Waals surface area contributed by atoms with Gasteiger partial charge in [-0.2, -0.15) is 10.1 Å². The van der Waals surface area contributed by atoms with Gasteiger partial charge in [-0.1, -0.05) is 35.9 Å². The number of benzene rings is 1. The summed E-state index contributed by atoms with van der Waals surface area (Å²) in [6, 6.07) is 8.17. The fourth-order valence-electron chi connectivity index (χ4n) is 3.28. The van der Waals surface area contributed by atoms with Crippen molar-refractivity contribution in [2.24, 2.45) is 5.92 Å². The summed E-state index contributed by atoms with van der Waals surface area (Å²) < 4.78 is 1.97. The number of allylic oxidation sites excluding steroid dienone is 2. The number of nitrogens with one attached hydrogen (secondary N) is 1. The Hall–Kier alpha value is -1.81. The van der Waals surface area contributed by atoms with Crippen molar-refractivity contribution in [2.45, 2.75) is 25.3 Å². The first-order valence-electron chi connectivity index (χ1n) is 6.95. The average molecular weight is 287 g/mol. The fraction of sp³-hybridized carbons (Fsp3) is 0.333. The van der Waals surface area contributed by atoms with Crippen molar-refractivity contribution in [1.82, 2.24) is 14.8 Å². The average Bonchev–Trinajstić information content (AvgIpc) is 2.93. The quantitative estimate of drug-likeness (QED) is 0.870. The van der Waals surface area contributed by atoms with Crippen LogP contribution in [0.25, 0.3) is 0 Å². The van der Waals surface area contributed by atoms with Crippen LogP contribution in [0.3, 0.4) is 0 Å². The van der Waals surface area contributed by atoms with Crippen LogP contribution >= 0.6 is 11.6 Å². The van der Waals surface area contributed by atoms with E-state index in [9.17, 15) is 0 Å². The highest BCUT2D eigenvalue weighted by Crippen LogP contribution is 2.43. The lowest BCUT2D eigenvalue weighted by Gasteiger charge is -2.37. The van der Waals surface area contributed by atoms with Crippen LogP contribution in [-0.4, -0.2) is 14.8 Å². The summed E-state index contributed by atoms with van der Waals surface area (Å²) in [5, 5.41) is 8.61. The molecule has 1 N–H and O–H groups in total. The molecule has 0 bridgehead atoms. The number of halogens is 1. The van der Waals surface area contributed by atoms with Crippen LogP contribution in [0.1, 0.15) is 30.9 Å². The number of hydrogen-bond acceptors (Lipinski definition) is 3. The maximum Gasteiger partial charge on any atom is 0.225 e. The molecule has 20 heavy (non-hydrogen) atoms. The van der Waals surface area contributed by atoms with Crippen LogP contribution < -0.4 is 5.32 Å². The Morgan fingerprint density at radius 1 is 1.30 bits per heavy atom. The number of hydrogen-bond donors (Lipinski definition) is 1. The Morgan fingerprint density at radius 3 is 3.10 bits per heavy atom. The molecule has 4 rings (SSSR count). The van der Waals surface area contributed by atoms with Gasteiger partial charge in [0.2, 0.25) is 5.95 Å². The third-order valence-electron chi connectivity index (χ3n) is 4.18. The van der Waals surface area contributed by atoms with Gasteiger partial charge in [0.1, 0.15) is 6.33 Å². The smallest absolute Gasteiger partial charge is 0.225 e. The molecule has 0 saturated carbocycles. The van der Waals surface area contributed by atoms with Crippen LogP contribution in [0, 0.1) is 5.92 Å². The lowest BCUT2D eigenvalue weighted by atomic mass is 9.82. The minimum atomic E-state index is 0.133. The van der Waals surface area contributed by atoms with Crippen molar-refractivity contribution < 1.29 is 0 Å². The lowest BCUT2D eigenvalue weighted by molar-refractivity contribution is 0.346. The van der Waals surface area contributed by atoms with E-state index in [1.807, 2.05) is 22.9 Å². The molecular formula is C15H15ClN4. The van der Waals surface area contributed by atoms with Gasteiger partial charge in [0, 0.05) is 16.6 Å². The van der Waals surface area contributed by atoms with Crippen molar-refractivity contribution in [2.75, 3.05) is 5.32 Å². The first kappa shape index (κ1) is 12.0. The molecule has 102 valence electrons. The third kappa shape index (κ3) is 1.75. The SMILES string of the molecule is Clc1ccccc1C1C2CCCC=C2Nc2ncnn21. The summed E-state index contributed by atoms with van der Waals surface area (Å²) in [6.45, 7) is 0. The standard InChI is InChI=1S/C15H15ClN4/c16-12-7-3-1-5-10(12)14-11-6-2-4-8-13(11)19-15-17-9-18-20(14)15/h1,3,5,7-9,11,14H,2,4,6H2,(H,17,18,19). The molecular weight excluding hydrogens is 272 g/mol. The molecule has 2 heterocycles. The van der Waals surface area contributed by atoms with E-state index < -0.39 is 0 Å². The summed E-state index contributed by atoms with van der Waals surface area (Å²) in [5.41, 5.74) is 2.39. The molecule has 2 unspecified atom stereocenters. The maximum absolute atomic E-state index is 6.42. The van der Waals surface area contributed by atoms with Crippen molar-refractivity contribution in [3.63, 3.8) is 0 Å². The maximum atomic E-state index is 6.42. The van der Waals surface area contributed by atoms with Gasteiger partial charge in [-0.25, -0.2) is 4.68 Å². The van der Waals surface area contributed by atoms with Gasteiger partial charge in [-0.3, -0.25) is 0 Å². The van der Waals surface area contributed by atoms with E-state index in [0.717, 1.165) is 29.4 Å². The molecule has 5 heteroatoms. The largest absolute Gasteiger partial charge is 0.328 e. The molecule has 1 aliphatic carbocycles. The first-order valence-corrected chi connectivity index (χ1v) is 7.33. The Bertz CT molecular complexity index is 676. The van der Waals surface area contributed by atoms with Crippen molar-refractivity contribution in [1.29, 1.82) is 0 Å². The van der Waals surface area contributed by atoms with E-state index in [1.54, 1.807) is 6.33 Å². The summed E-state index contributed by atoms with van der Waals surface area (Å²) in [7, 11) is 0. The molecule has 1 aliphatic heterocycles. The molecule has 2 aliphatic rings. The minimum Gasteiger partial charge on any atom is -0.328 e. The predicted octanol–water partition coefficient (Wildman–Crippen LogP) is 3.63. The van der Waals surface area contributed by atoms with Crippen LogP contribution in [0.5, 0.6) is 0 Å². The number of aromatic nitrogens is 3. The van der Waals surface area contributed by atoms with E-state index in [1.165, 1.54) is 12.1 Å². The van der Waals surface area contributed by atoms with E-state index in [0.29, 0.717) is 5.92 Å². The predicted molar refractivity (Wildman–Crippen MR) is 78.7 cm³/mol. The molecule has 0 saturated heterocycles. The highest BCUT2D eigenvalue weighted by Gasteiger charge is 2.36. The van der Waals surface area contributed by atoms with Gasteiger partial charge in [0.15, 0.2) is 0 Å². The van der Waals surface area contributed by atoms with E-state index in [4.69, 9.17) is 11.6 Å². The molecule has 1 aromatic heterocycles. The third-order valence-corrected chi connectivity index (χ3v) is 4.52. The number of anilines is 1. The second kappa shape index (κ2) is 4.63. The monoisotopic (exact) mass is 286 g/mol. The van der Waals surface area contributed by atoms with Crippen molar-refractivity contribution >= 4 is 17.5 Å². The van der Waals surface area contributed by atoms with Crippen molar-refractivity contribution in [3.8, 4) is 0 Å². The first-order chi connectivity index (χ1) is 9.84. The zero-order chi connectivity index (χ0) is 13.5. The Kier molecular flexibility index (Phi) is 2.77. The molecule has 4 nitrogen and oxygen atoms in total. The molecule has 2 aromatic rings. The highest BCUT2D eigenvalue weighted by atomic mass is 35.5. The van der Waals surface area contributed by atoms with Crippen LogP contribution in [-0.2, 0) is 0 Å². The lowest BCUT2D eigenvalue weighted by Crippen LogP contribution is -2.34. The molecule has 0 radical (unpaired) electrons. The second-order valence-corrected chi connectivity index (χ2v) is 5.72. The minimum absolute atomic E-state index is 0.133. The second-order valence-electron chi connectivity index (χ2n) is 5.32. The summed E-state index contributed by atoms with van der Waals surface area (Å²) in [6.07, 6.45) is 7.37. The van der Waals surface area contributed by atoms with E-state index in [-0.39, 0.29) is 6.04 Å². The molecule has 2 atom stereocenters. The Morgan fingerprint density at radius 2 is 2.20 bits per heavy atom. The molecule has 0 amide bonds. The zero-order valence-electron chi connectivity index (χ0n) is 11.0. The summed E-state index contributed by atoms with van der Waals surface area (Å²) in [5.74, 6) is 1.21.